The predicted octanol–water partition coefficient (Wildman–Crippen LogP) is 5.91. The lowest BCUT2D eigenvalue weighted by atomic mass is 9.73. The molecule has 0 aromatic carbocycles. The van der Waals surface area contributed by atoms with Gasteiger partial charge >= 0.3 is 0 Å². The zero-order chi connectivity index (χ0) is 14.1. The van der Waals surface area contributed by atoms with Gasteiger partial charge in [0.25, 0.3) is 0 Å². The fourth-order valence-corrected chi connectivity index (χ4v) is 3.76. The van der Waals surface area contributed by atoms with Crippen molar-refractivity contribution in [3.8, 4) is 0 Å². The van der Waals surface area contributed by atoms with E-state index < -0.39 is 0 Å². The maximum absolute atomic E-state index is 12.6. The lowest BCUT2D eigenvalue weighted by molar-refractivity contribution is -0.129. The standard InChI is InChI=1S/C18H34O/c1-4-5-6-7-8-9-12-17(19)18(15-16(2)3)13-10-11-14-18/h16H,4-15H2,1-3H3. The number of Topliss-reactive ketones (excluding diaryl/α,β-unsaturated/α-hetero) is 1. The summed E-state index contributed by atoms with van der Waals surface area (Å²) in [5.41, 5.74) is 0.0809. The molecule has 1 heteroatoms. The Morgan fingerprint density at radius 3 is 2.16 bits per heavy atom. The van der Waals surface area contributed by atoms with Crippen LogP contribution in [0.1, 0.15) is 97.8 Å². The van der Waals surface area contributed by atoms with E-state index in [1.807, 2.05) is 0 Å². The molecule has 0 atom stereocenters. The molecule has 0 bridgehead atoms. The van der Waals surface area contributed by atoms with Gasteiger partial charge in [-0.3, -0.25) is 4.79 Å². The summed E-state index contributed by atoms with van der Waals surface area (Å²) in [4.78, 5) is 12.6. The molecular formula is C18H34O. The predicted molar refractivity (Wildman–Crippen MR) is 83.4 cm³/mol. The summed E-state index contributed by atoms with van der Waals surface area (Å²) in [5.74, 6) is 1.25. The molecule has 1 saturated carbocycles. The van der Waals surface area contributed by atoms with Crippen molar-refractivity contribution in [1.82, 2.24) is 0 Å². The largest absolute Gasteiger partial charge is 0.299 e. The quantitative estimate of drug-likeness (QED) is 0.449. The highest BCUT2D eigenvalue weighted by atomic mass is 16.1. The molecule has 112 valence electrons. The summed E-state index contributed by atoms with van der Waals surface area (Å²) >= 11 is 0. The molecule has 0 heterocycles. The van der Waals surface area contributed by atoms with Crippen molar-refractivity contribution < 1.29 is 4.79 Å². The number of hydrogen-bond acceptors (Lipinski definition) is 1. The highest BCUT2D eigenvalue weighted by Gasteiger charge is 2.40. The van der Waals surface area contributed by atoms with Crippen LogP contribution in [0.2, 0.25) is 0 Å². The maximum Gasteiger partial charge on any atom is 0.139 e. The van der Waals surface area contributed by atoms with Crippen molar-refractivity contribution >= 4 is 5.78 Å². The Kier molecular flexibility index (Phi) is 7.71. The Balaban J connectivity index is 2.29. The summed E-state index contributed by atoms with van der Waals surface area (Å²) in [5, 5.41) is 0. The minimum Gasteiger partial charge on any atom is -0.299 e. The van der Waals surface area contributed by atoms with Gasteiger partial charge in [0.05, 0.1) is 0 Å². The van der Waals surface area contributed by atoms with Crippen molar-refractivity contribution in [3.05, 3.63) is 0 Å². The second-order valence-electron chi connectivity index (χ2n) is 7.03. The van der Waals surface area contributed by atoms with Gasteiger partial charge in [0.2, 0.25) is 0 Å². The van der Waals surface area contributed by atoms with Crippen LogP contribution < -0.4 is 0 Å². The van der Waals surface area contributed by atoms with E-state index in [9.17, 15) is 4.79 Å². The lowest BCUT2D eigenvalue weighted by Crippen LogP contribution is -2.29. The van der Waals surface area contributed by atoms with Gasteiger partial charge in [-0.15, -0.1) is 0 Å². The molecule has 0 saturated heterocycles. The van der Waals surface area contributed by atoms with Gasteiger partial charge in [-0.1, -0.05) is 65.7 Å². The summed E-state index contributed by atoms with van der Waals surface area (Å²) < 4.78 is 0. The first-order chi connectivity index (χ1) is 9.10. The average molecular weight is 266 g/mol. The van der Waals surface area contributed by atoms with Gasteiger partial charge in [-0.05, 0) is 31.6 Å². The molecule has 0 spiro atoms. The fraction of sp³-hybridized carbons (Fsp3) is 0.944. The van der Waals surface area contributed by atoms with E-state index in [0.29, 0.717) is 11.7 Å². The molecule has 0 aromatic rings. The zero-order valence-corrected chi connectivity index (χ0v) is 13.5. The van der Waals surface area contributed by atoms with Crippen LogP contribution in [-0.4, -0.2) is 5.78 Å². The maximum atomic E-state index is 12.6. The summed E-state index contributed by atoms with van der Waals surface area (Å²) in [6, 6.07) is 0. The van der Waals surface area contributed by atoms with E-state index in [-0.39, 0.29) is 5.41 Å². The Hall–Kier alpha value is -0.330. The van der Waals surface area contributed by atoms with Gasteiger partial charge < -0.3 is 0 Å². The smallest absolute Gasteiger partial charge is 0.139 e. The van der Waals surface area contributed by atoms with Crippen LogP contribution in [0.5, 0.6) is 0 Å². The number of rotatable bonds is 10. The number of hydrogen-bond donors (Lipinski definition) is 0. The Morgan fingerprint density at radius 2 is 1.58 bits per heavy atom. The second kappa shape index (κ2) is 8.76. The number of ketones is 1. The van der Waals surface area contributed by atoms with E-state index in [4.69, 9.17) is 0 Å². The van der Waals surface area contributed by atoms with Crippen LogP contribution >= 0.6 is 0 Å². The fourth-order valence-electron chi connectivity index (χ4n) is 3.76. The molecule has 0 unspecified atom stereocenters. The number of carbonyl (C=O) groups excluding carboxylic acids is 1. The minimum absolute atomic E-state index is 0.0809. The van der Waals surface area contributed by atoms with Gasteiger partial charge in [0.15, 0.2) is 0 Å². The van der Waals surface area contributed by atoms with Gasteiger partial charge in [-0.2, -0.15) is 0 Å². The molecular weight excluding hydrogens is 232 g/mol. The van der Waals surface area contributed by atoms with Crippen molar-refractivity contribution in [3.63, 3.8) is 0 Å². The highest BCUT2D eigenvalue weighted by molar-refractivity contribution is 5.85. The number of carbonyl (C=O) groups is 1. The van der Waals surface area contributed by atoms with Crippen molar-refractivity contribution in [2.24, 2.45) is 11.3 Å². The molecule has 0 N–H and O–H groups in total. The van der Waals surface area contributed by atoms with Crippen LogP contribution in [0.25, 0.3) is 0 Å². The summed E-state index contributed by atoms with van der Waals surface area (Å²) in [6.45, 7) is 6.77. The Labute approximate surface area is 120 Å². The van der Waals surface area contributed by atoms with Crippen molar-refractivity contribution in [2.45, 2.75) is 97.8 Å². The zero-order valence-electron chi connectivity index (χ0n) is 13.5. The van der Waals surface area contributed by atoms with E-state index >= 15 is 0 Å². The van der Waals surface area contributed by atoms with Crippen LogP contribution in [0.4, 0.5) is 0 Å². The van der Waals surface area contributed by atoms with Crippen LogP contribution in [0, 0.1) is 11.3 Å². The third-order valence-corrected chi connectivity index (χ3v) is 4.71. The van der Waals surface area contributed by atoms with Gasteiger partial charge in [0, 0.05) is 11.8 Å². The molecule has 1 nitrogen and oxygen atoms in total. The molecule has 19 heavy (non-hydrogen) atoms. The van der Waals surface area contributed by atoms with Gasteiger partial charge in [0.1, 0.15) is 5.78 Å². The molecule has 0 radical (unpaired) electrons. The first kappa shape index (κ1) is 16.7. The van der Waals surface area contributed by atoms with E-state index in [0.717, 1.165) is 19.3 Å². The summed E-state index contributed by atoms with van der Waals surface area (Å²) in [7, 11) is 0. The number of unbranched alkanes of at least 4 members (excludes halogenated alkanes) is 5. The molecule has 0 amide bonds. The third kappa shape index (κ3) is 5.67. The minimum atomic E-state index is 0.0809. The van der Waals surface area contributed by atoms with Crippen LogP contribution in [0.15, 0.2) is 0 Å². The van der Waals surface area contributed by atoms with E-state index in [2.05, 4.69) is 20.8 Å². The van der Waals surface area contributed by atoms with E-state index in [1.54, 1.807) is 0 Å². The lowest BCUT2D eigenvalue weighted by Gasteiger charge is -2.29. The van der Waals surface area contributed by atoms with Gasteiger partial charge in [-0.25, -0.2) is 0 Å². The Bertz CT molecular complexity index is 248. The average Bonchev–Trinajstić information content (AvgIpc) is 2.82. The first-order valence-electron chi connectivity index (χ1n) is 8.64. The molecule has 1 aliphatic carbocycles. The van der Waals surface area contributed by atoms with Crippen molar-refractivity contribution in [1.29, 1.82) is 0 Å². The molecule has 0 aromatic heterocycles. The topological polar surface area (TPSA) is 17.1 Å². The Morgan fingerprint density at radius 1 is 1.00 bits per heavy atom. The van der Waals surface area contributed by atoms with Crippen LogP contribution in [0.3, 0.4) is 0 Å². The highest BCUT2D eigenvalue weighted by Crippen LogP contribution is 2.44. The third-order valence-electron chi connectivity index (χ3n) is 4.71. The molecule has 0 aliphatic heterocycles. The van der Waals surface area contributed by atoms with Crippen LogP contribution in [-0.2, 0) is 4.79 Å². The monoisotopic (exact) mass is 266 g/mol. The van der Waals surface area contributed by atoms with E-state index in [1.165, 1.54) is 57.8 Å². The molecule has 1 aliphatic rings. The first-order valence-corrected chi connectivity index (χ1v) is 8.64. The SMILES string of the molecule is CCCCCCCCC(=O)C1(CC(C)C)CCCC1. The van der Waals surface area contributed by atoms with Crippen molar-refractivity contribution in [2.75, 3.05) is 0 Å². The second-order valence-corrected chi connectivity index (χ2v) is 7.03. The normalized spacial score (nSPS) is 18.1. The molecule has 1 rings (SSSR count). The molecule has 1 fully saturated rings. The summed E-state index contributed by atoms with van der Waals surface area (Å²) in [6.07, 6.45) is 14.6.